The van der Waals surface area contributed by atoms with Crippen molar-refractivity contribution >= 4 is 11.0 Å². The summed E-state index contributed by atoms with van der Waals surface area (Å²) in [5.41, 5.74) is -0.530. The highest BCUT2D eigenvalue weighted by molar-refractivity contribution is 5.89. The van der Waals surface area contributed by atoms with Gasteiger partial charge in [-0.15, -0.1) is 0 Å². The Morgan fingerprint density at radius 3 is 1.98 bits per heavy atom. The normalized spacial score (nSPS) is 14.6. The lowest BCUT2D eigenvalue weighted by atomic mass is 9.86. The Labute approximate surface area is 254 Å². The lowest BCUT2D eigenvalue weighted by molar-refractivity contribution is 0.00381. The van der Waals surface area contributed by atoms with E-state index in [1.807, 2.05) is 13.8 Å². The highest BCUT2D eigenvalue weighted by Crippen LogP contribution is 2.45. The number of methoxy groups -OCH3 is 5. The molecule has 0 radical (unpaired) electrons. The monoisotopic (exact) mass is 598 g/mol. The smallest absolute Gasteiger partial charge is 0.239 e. The van der Waals surface area contributed by atoms with Gasteiger partial charge in [-0.2, -0.15) is 0 Å². The molecule has 0 aliphatic carbocycles. The van der Waals surface area contributed by atoms with Crippen LogP contribution in [0.5, 0.6) is 34.5 Å². The van der Waals surface area contributed by atoms with Gasteiger partial charge in [0, 0.05) is 35.7 Å². The number of ether oxygens (including phenoxy) is 6. The van der Waals surface area contributed by atoms with Gasteiger partial charge in [-0.1, -0.05) is 0 Å². The van der Waals surface area contributed by atoms with E-state index in [0.717, 1.165) is 25.9 Å². The summed E-state index contributed by atoms with van der Waals surface area (Å²) in [6.07, 6.45) is 2.82. The van der Waals surface area contributed by atoms with E-state index >= 15 is 0 Å². The first-order valence-electron chi connectivity index (χ1n) is 14.6. The Hall–Kier alpha value is -3.63. The fourth-order valence-corrected chi connectivity index (χ4v) is 6.18. The van der Waals surface area contributed by atoms with E-state index in [-0.39, 0.29) is 27.9 Å². The van der Waals surface area contributed by atoms with Crippen LogP contribution in [-0.2, 0) is 0 Å². The zero-order chi connectivity index (χ0) is 31.5. The quantitative estimate of drug-likeness (QED) is 0.287. The Bertz CT molecular complexity index is 1470. The van der Waals surface area contributed by atoms with Gasteiger partial charge in [-0.25, -0.2) is 0 Å². The lowest BCUT2D eigenvalue weighted by Crippen LogP contribution is -2.54. The first-order valence-corrected chi connectivity index (χ1v) is 14.6. The number of piperidine rings is 1. The Morgan fingerprint density at radius 1 is 0.837 bits per heavy atom. The van der Waals surface area contributed by atoms with Crippen LogP contribution in [0.15, 0.2) is 33.5 Å². The van der Waals surface area contributed by atoms with Gasteiger partial charge in [0.05, 0.1) is 35.5 Å². The van der Waals surface area contributed by atoms with Crippen LogP contribution in [0.2, 0.25) is 0 Å². The summed E-state index contributed by atoms with van der Waals surface area (Å²) in [7, 11) is 9.83. The summed E-state index contributed by atoms with van der Waals surface area (Å²) >= 11 is 0. The Balaban J connectivity index is 1.89. The van der Waals surface area contributed by atoms with Crippen LogP contribution in [-0.4, -0.2) is 77.8 Å². The predicted molar refractivity (Wildman–Crippen MR) is 168 cm³/mol. The van der Waals surface area contributed by atoms with Crippen molar-refractivity contribution in [2.24, 2.45) is 0 Å². The molecule has 1 fully saturated rings. The van der Waals surface area contributed by atoms with Crippen molar-refractivity contribution in [1.82, 2.24) is 10.2 Å². The summed E-state index contributed by atoms with van der Waals surface area (Å²) in [6.45, 7) is 10.5. The van der Waals surface area contributed by atoms with Gasteiger partial charge in [-0.05, 0) is 72.8 Å². The fourth-order valence-electron chi connectivity index (χ4n) is 6.18. The number of hydrogen-bond donors (Lipinski definition) is 1. The van der Waals surface area contributed by atoms with Crippen molar-refractivity contribution in [2.75, 3.05) is 55.7 Å². The molecule has 3 aromatic rings. The summed E-state index contributed by atoms with van der Waals surface area (Å²) in [5, 5.41) is 3.70. The summed E-state index contributed by atoms with van der Waals surface area (Å²) in [4.78, 5) is 16.8. The molecule has 236 valence electrons. The molecule has 2 heterocycles. The SMILES string of the molecule is COc1cc(OC)c2c(=O)c(OC(C)(C)CC(C)(C)N(C)C3CCNCC3)c(-c3cc(OC)c(OC)c(OC)c3)oc2c1. The van der Waals surface area contributed by atoms with Gasteiger partial charge >= 0.3 is 0 Å². The van der Waals surface area contributed by atoms with Crippen LogP contribution >= 0.6 is 0 Å². The third kappa shape index (κ3) is 6.65. The van der Waals surface area contributed by atoms with E-state index in [2.05, 4.69) is 31.1 Å². The largest absolute Gasteiger partial charge is 0.496 e. The molecule has 0 atom stereocenters. The predicted octanol–water partition coefficient (Wildman–Crippen LogP) is 5.51. The van der Waals surface area contributed by atoms with Crippen LogP contribution in [0.25, 0.3) is 22.3 Å². The van der Waals surface area contributed by atoms with Gasteiger partial charge in [0.2, 0.25) is 16.9 Å². The van der Waals surface area contributed by atoms with Crippen LogP contribution in [0.3, 0.4) is 0 Å². The summed E-state index contributed by atoms with van der Waals surface area (Å²) in [5.74, 6) is 2.36. The van der Waals surface area contributed by atoms with E-state index < -0.39 is 5.60 Å². The molecule has 10 nitrogen and oxygen atoms in total. The number of benzene rings is 2. The topological polar surface area (TPSA) is 101 Å². The Kier molecular flexibility index (Phi) is 9.71. The van der Waals surface area contributed by atoms with Crippen LogP contribution in [0.4, 0.5) is 0 Å². The van der Waals surface area contributed by atoms with E-state index in [9.17, 15) is 4.79 Å². The van der Waals surface area contributed by atoms with Crippen molar-refractivity contribution in [3.05, 3.63) is 34.5 Å². The molecule has 2 aromatic carbocycles. The first kappa shape index (κ1) is 32.3. The maximum absolute atomic E-state index is 14.3. The second-order valence-electron chi connectivity index (χ2n) is 12.1. The van der Waals surface area contributed by atoms with Gasteiger partial charge in [-0.3, -0.25) is 9.69 Å². The maximum Gasteiger partial charge on any atom is 0.239 e. The summed E-state index contributed by atoms with van der Waals surface area (Å²) in [6, 6.07) is 7.25. The molecule has 0 bridgehead atoms. The highest BCUT2D eigenvalue weighted by atomic mass is 16.5. The van der Waals surface area contributed by atoms with E-state index in [1.165, 1.54) is 28.4 Å². The minimum atomic E-state index is -0.762. The van der Waals surface area contributed by atoms with Crippen molar-refractivity contribution in [1.29, 1.82) is 0 Å². The average molecular weight is 599 g/mol. The molecular weight excluding hydrogens is 552 g/mol. The molecule has 43 heavy (non-hydrogen) atoms. The van der Waals surface area contributed by atoms with Crippen molar-refractivity contribution < 1.29 is 32.8 Å². The summed E-state index contributed by atoms with van der Waals surface area (Å²) < 4.78 is 41.0. The molecule has 0 spiro atoms. The minimum Gasteiger partial charge on any atom is -0.496 e. The molecular formula is C33H46N2O8. The van der Waals surface area contributed by atoms with Gasteiger partial charge in [0.25, 0.3) is 0 Å². The molecule has 4 rings (SSSR count). The fraction of sp³-hybridized carbons (Fsp3) is 0.545. The molecule has 10 heteroatoms. The average Bonchev–Trinajstić information content (AvgIpc) is 3.00. The third-order valence-electron chi connectivity index (χ3n) is 8.32. The number of fused-ring (bicyclic) bond motifs is 1. The molecule has 0 unspecified atom stereocenters. The van der Waals surface area contributed by atoms with Gasteiger partial charge in [0.1, 0.15) is 28.1 Å². The molecule has 1 aromatic heterocycles. The van der Waals surface area contributed by atoms with Crippen LogP contribution in [0, 0.1) is 0 Å². The zero-order valence-corrected chi connectivity index (χ0v) is 27.1. The third-order valence-corrected chi connectivity index (χ3v) is 8.32. The van der Waals surface area contributed by atoms with E-state index in [0.29, 0.717) is 52.4 Å². The standard InChI is InChI=1S/C33H46N2O8/c1-32(2,35(5)21-11-13-34-14-12-21)19-33(3,4)43-31-28(36)27-23(38-7)17-22(37-6)18-24(27)42-29(31)20-15-25(39-8)30(41-10)26(16-20)40-9/h15-18,21,34H,11-14,19H2,1-10H3. The zero-order valence-electron chi connectivity index (χ0n) is 27.1. The van der Waals surface area contributed by atoms with E-state index in [1.54, 1.807) is 31.4 Å². The molecule has 1 aliphatic heterocycles. The molecule has 1 aliphatic rings. The maximum atomic E-state index is 14.3. The number of hydrogen-bond acceptors (Lipinski definition) is 10. The first-order chi connectivity index (χ1) is 20.4. The lowest BCUT2D eigenvalue weighted by Gasteiger charge is -2.46. The highest BCUT2D eigenvalue weighted by Gasteiger charge is 2.38. The van der Waals surface area contributed by atoms with Crippen molar-refractivity contribution in [2.45, 2.75) is 64.1 Å². The number of nitrogens with one attached hydrogen (secondary N) is 1. The van der Waals surface area contributed by atoms with Crippen molar-refractivity contribution in [3.8, 4) is 45.8 Å². The second kappa shape index (κ2) is 12.9. The van der Waals surface area contributed by atoms with Crippen molar-refractivity contribution in [3.63, 3.8) is 0 Å². The van der Waals surface area contributed by atoms with Crippen LogP contribution in [0.1, 0.15) is 47.0 Å². The molecule has 0 amide bonds. The number of nitrogens with zero attached hydrogens (tertiary/aromatic N) is 1. The number of rotatable bonds is 12. The second-order valence-corrected chi connectivity index (χ2v) is 12.1. The Morgan fingerprint density at radius 2 is 1.44 bits per heavy atom. The van der Waals surface area contributed by atoms with Gasteiger partial charge < -0.3 is 38.2 Å². The minimum absolute atomic E-state index is 0.0653. The molecule has 1 saturated heterocycles. The molecule has 1 N–H and O–H groups in total. The van der Waals surface area contributed by atoms with Crippen LogP contribution < -0.4 is 39.2 Å². The van der Waals surface area contributed by atoms with Gasteiger partial charge in [0.15, 0.2) is 17.3 Å². The molecule has 0 saturated carbocycles. The van der Waals surface area contributed by atoms with E-state index in [4.69, 9.17) is 32.8 Å².